The van der Waals surface area contributed by atoms with Gasteiger partial charge in [0.05, 0.1) is 17.9 Å². The molecule has 29 heavy (non-hydrogen) atoms. The predicted molar refractivity (Wildman–Crippen MR) is 108 cm³/mol. The molecule has 1 amide bonds. The molecule has 0 aliphatic carbocycles. The smallest absolute Gasteiger partial charge is 0.245 e. The molecule has 0 atom stereocenters. The number of carbonyl (C=O) groups is 1. The molecule has 1 saturated heterocycles. The van der Waals surface area contributed by atoms with Crippen molar-refractivity contribution >= 4 is 33.3 Å². The molecule has 0 radical (unpaired) electrons. The number of benzene rings is 1. The zero-order chi connectivity index (χ0) is 20.4. The van der Waals surface area contributed by atoms with Gasteiger partial charge in [0.25, 0.3) is 0 Å². The lowest BCUT2D eigenvalue weighted by Gasteiger charge is -2.29. The number of piperazine rings is 1. The number of nitrogens with zero attached hydrogens (tertiary/aromatic N) is 5. The second-order valence-electron chi connectivity index (χ2n) is 6.46. The second-order valence-corrected chi connectivity index (χ2v) is 8.36. The average Bonchev–Trinajstić information content (AvgIpc) is 2.74. The number of amides is 1. The largest absolute Gasteiger partial charge is 0.368 e. The van der Waals surface area contributed by atoms with Crippen LogP contribution in [0.4, 0.5) is 11.6 Å². The number of allylic oxidation sites excluding steroid dienone is 1. The maximum Gasteiger partial charge on any atom is 0.245 e. The van der Waals surface area contributed by atoms with Crippen molar-refractivity contribution in [2.24, 2.45) is 4.99 Å². The number of nitrogen functional groups attached to an aromatic ring is 1. The Bertz CT molecular complexity index is 1100. The van der Waals surface area contributed by atoms with Crippen molar-refractivity contribution in [3.8, 4) is 0 Å². The highest BCUT2D eigenvalue weighted by atomic mass is 32.2. The Morgan fingerprint density at radius 2 is 1.90 bits per heavy atom. The molecule has 0 bridgehead atoms. The summed E-state index contributed by atoms with van der Waals surface area (Å²) in [6.07, 6.45) is 6.69. The third-order valence-electron chi connectivity index (χ3n) is 4.57. The summed E-state index contributed by atoms with van der Waals surface area (Å²) in [5.74, 6) is -0.128. The molecule has 0 unspecified atom stereocenters. The zero-order valence-electron chi connectivity index (χ0n) is 15.4. The Kier molecular flexibility index (Phi) is 4.99. The van der Waals surface area contributed by atoms with E-state index in [0.717, 1.165) is 5.56 Å². The SMILES string of the molecule is Nc1ncc(C2=NCN(c3ccccc3S(=O)(=O)N3CCNC(=O)C3)C=C2)cn1. The van der Waals surface area contributed by atoms with Gasteiger partial charge < -0.3 is 16.0 Å². The fourth-order valence-electron chi connectivity index (χ4n) is 3.10. The number of hydrogen-bond acceptors (Lipinski definition) is 8. The highest BCUT2D eigenvalue weighted by molar-refractivity contribution is 7.89. The maximum absolute atomic E-state index is 13.1. The molecular formula is C18H19N7O3S. The van der Waals surface area contributed by atoms with Crippen LogP contribution < -0.4 is 16.0 Å². The van der Waals surface area contributed by atoms with Gasteiger partial charge in [0, 0.05) is 37.2 Å². The molecule has 1 aromatic heterocycles. The summed E-state index contributed by atoms with van der Waals surface area (Å²) >= 11 is 0. The van der Waals surface area contributed by atoms with E-state index in [-0.39, 0.29) is 36.5 Å². The highest BCUT2D eigenvalue weighted by Crippen LogP contribution is 2.29. The van der Waals surface area contributed by atoms with Gasteiger partial charge >= 0.3 is 0 Å². The van der Waals surface area contributed by atoms with Crippen molar-refractivity contribution in [3.05, 3.63) is 54.5 Å². The number of aliphatic imine (C=N–C) groups is 1. The van der Waals surface area contributed by atoms with Crippen LogP contribution in [-0.4, -0.2) is 60.6 Å². The highest BCUT2D eigenvalue weighted by Gasteiger charge is 2.32. The van der Waals surface area contributed by atoms with Gasteiger partial charge in [-0.15, -0.1) is 0 Å². The van der Waals surface area contributed by atoms with Crippen LogP contribution in [0.25, 0.3) is 0 Å². The molecule has 150 valence electrons. The minimum atomic E-state index is -3.83. The summed E-state index contributed by atoms with van der Waals surface area (Å²) < 4.78 is 27.5. The lowest BCUT2D eigenvalue weighted by atomic mass is 10.2. The molecule has 3 N–H and O–H groups in total. The number of hydrogen-bond donors (Lipinski definition) is 2. The average molecular weight is 413 g/mol. The van der Waals surface area contributed by atoms with Crippen molar-refractivity contribution in [2.45, 2.75) is 4.90 Å². The van der Waals surface area contributed by atoms with E-state index in [0.29, 0.717) is 17.9 Å². The molecule has 2 aliphatic heterocycles. The molecule has 11 heteroatoms. The van der Waals surface area contributed by atoms with Gasteiger partial charge in [0.1, 0.15) is 11.6 Å². The first kappa shape index (κ1) is 19.0. The number of nitrogens with two attached hydrogens (primary N) is 1. The van der Waals surface area contributed by atoms with E-state index < -0.39 is 10.0 Å². The van der Waals surface area contributed by atoms with E-state index in [9.17, 15) is 13.2 Å². The lowest BCUT2D eigenvalue weighted by Crippen LogP contribution is -2.50. The lowest BCUT2D eigenvalue weighted by molar-refractivity contribution is -0.122. The van der Waals surface area contributed by atoms with Crippen LogP contribution >= 0.6 is 0 Å². The van der Waals surface area contributed by atoms with E-state index in [1.165, 1.54) is 10.4 Å². The number of nitrogens with one attached hydrogen (secondary N) is 1. The van der Waals surface area contributed by atoms with Gasteiger partial charge in [-0.05, 0) is 18.2 Å². The Morgan fingerprint density at radius 3 is 2.59 bits per heavy atom. The molecule has 4 rings (SSSR count). The Hall–Kier alpha value is -3.31. The van der Waals surface area contributed by atoms with Crippen molar-refractivity contribution in [2.75, 3.05) is 36.9 Å². The maximum atomic E-state index is 13.1. The number of aromatic nitrogens is 2. The van der Waals surface area contributed by atoms with Gasteiger partial charge in [-0.2, -0.15) is 4.31 Å². The van der Waals surface area contributed by atoms with Crippen LogP contribution in [0.1, 0.15) is 5.56 Å². The Balaban J connectivity index is 1.60. The number of anilines is 2. The molecule has 3 heterocycles. The van der Waals surface area contributed by atoms with Crippen molar-refractivity contribution in [1.29, 1.82) is 0 Å². The summed E-state index contributed by atoms with van der Waals surface area (Å²) in [4.78, 5) is 25.9. The van der Waals surface area contributed by atoms with Gasteiger partial charge in [-0.1, -0.05) is 12.1 Å². The fraction of sp³-hybridized carbons (Fsp3) is 0.222. The predicted octanol–water partition coefficient (Wildman–Crippen LogP) is -0.0402. The van der Waals surface area contributed by atoms with E-state index >= 15 is 0 Å². The first-order valence-corrected chi connectivity index (χ1v) is 10.3. The fourth-order valence-corrected chi connectivity index (χ4v) is 4.70. The van der Waals surface area contributed by atoms with E-state index in [2.05, 4.69) is 20.3 Å². The van der Waals surface area contributed by atoms with Crippen molar-refractivity contribution in [1.82, 2.24) is 19.6 Å². The number of sulfonamides is 1. The van der Waals surface area contributed by atoms with Crippen LogP contribution in [0.2, 0.25) is 0 Å². The Labute approximate surface area is 167 Å². The summed E-state index contributed by atoms with van der Waals surface area (Å²) in [6, 6.07) is 6.68. The molecule has 2 aromatic rings. The van der Waals surface area contributed by atoms with Crippen LogP contribution in [0, 0.1) is 0 Å². The van der Waals surface area contributed by atoms with Gasteiger partial charge in [-0.25, -0.2) is 18.4 Å². The van der Waals surface area contributed by atoms with E-state index in [4.69, 9.17) is 5.73 Å². The van der Waals surface area contributed by atoms with E-state index in [1.54, 1.807) is 47.8 Å². The van der Waals surface area contributed by atoms with Crippen LogP contribution in [0.3, 0.4) is 0 Å². The van der Waals surface area contributed by atoms with E-state index in [1.807, 2.05) is 0 Å². The summed E-state index contributed by atoms with van der Waals surface area (Å²) in [6.45, 7) is 0.564. The summed E-state index contributed by atoms with van der Waals surface area (Å²) in [5, 5.41) is 2.63. The van der Waals surface area contributed by atoms with Crippen LogP contribution in [-0.2, 0) is 14.8 Å². The molecule has 0 saturated carbocycles. The topological polar surface area (TPSA) is 134 Å². The first-order chi connectivity index (χ1) is 13.9. The first-order valence-electron chi connectivity index (χ1n) is 8.88. The quantitative estimate of drug-likeness (QED) is 0.718. The summed E-state index contributed by atoms with van der Waals surface area (Å²) in [5.41, 5.74) is 7.39. The second kappa shape index (κ2) is 7.60. The monoisotopic (exact) mass is 413 g/mol. The number of para-hydroxylation sites is 1. The number of carbonyl (C=O) groups excluding carboxylic acids is 1. The minimum absolute atomic E-state index is 0.133. The zero-order valence-corrected chi connectivity index (χ0v) is 16.2. The molecule has 0 spiro atoms. The minimum Gasteiger partial charge on any atom is -0.368 e. The number of rotatable bonds is 4. The van der Waals surface area contributed by atoms with Crippen molar-refractivity contribution in [3.63, 3.8) is 0 Å². The van der Waals surface area contributed by atoms with Gasteiger partial charge in [0.2, 0.25) is 21.9 Å². The van der Waals surface area contributed by atoms with Gasteiger partial charge in [0.15, 0.2) is 0 Å². The van der Waals surface area contributed by atoms with Crippen LogP contribution in [0.15, 0.2) is 58.8 Å². The van der Waals surface area contributed by atoms with Crippen LogP contribution in [0.5, 0.6) is 0 Å². The van der Waals surface area contributed by atoms with Crippen molar-refractivity contribution < 1.29 is 13.2 Å². The molecule has 2 aliphatic rings. The molecule has 1 aromatic carbocycles. The van der Waals surface area contributed by atoms with Gasteiger partial charge in [-0.3, -0.25) is 9.79 Å². The standard InChI is InChI=1S/C18H19N7O3S/c19-18-21-9-13(10-22-18)14-5-7-24(12-23-14)15-3-1-2-4-16(15)29(27,28)25-8-6-20-17(26)11-25/h1-5,7,9-10H,6,8,11-12H2,(H,20,26)(H2,19,21,22). The molecule has 1 fully saturated rings. The third-order valence-corrected chi connectivity index (χ3v) is 6.46. The third kappa shape index (κ3) is 3.82. The Morgan fingerprint density at radius 1 is 1.14 bits per heavy atom. The molecule has 10 nitrogen and oxygen atoms in total. The normalized spacial score (nSPS) is 17.7. The summed E-state index contributed by atoms with van der Waals surface area (Å²) in [7, 11) is -3.83. The molecular weight excluding hydrogens is 394 g/mol.